The quantitative estimate of drug-likeness (QED) is 0.779. The topological polar surface area (TPSA) is 56.2 Å². The van der Waals surface area contributed by atoms with E-state index in [0.717, 1.165) is 43.4 Å². The molecule has 1 atom stereocenters. The minimum Gasteiger partial charge on any atom is -0.381 e. The number of carbonyl (C=O) groups is 1. The summed E-state index contributed by atoms with van der Waals surface area (Å²) in [6, 6.07) is 16.5. The summed E-state index contributed by atoms with van der Waals surface area (Å²) in [5, 5.41) is 8.90. The molecule has 2 heterocycles. The first-order valence-corrected chi connectivity index (χ1v) is 9.61. The lowest BCUT2D eigenvalue weighted by Crippen LogP contribution is -2.43. The van der Waals surface area contributed by atoms with Crippen molar-refractivity contribution in [1.29, 1.82) is 0 Å². The highest BCUT2D eigenvalue weighted by molar-refractivity contribution is 5.80. The van der Waals surface area contributed by atoms with Gasteiger partial charge in [0.15, 0.2) is 0 Å². The SMILES string of the molecule is O=C(Cn1cc2ccccc2n1)NC1c2ccccc2CC12CCOCC2. The van der Waals surface area contributed by atoms with Crippen molar-refractivity contribution in [2.24, 2.45) is 5.41 Å². The second-order valence-electron chi connectivity index (χ2n) is 7.74. The number of ether oxygens (including phenoxy) is 1. The van der Waals surface area contributed by atoms with Crippen LogP contribution in [0.2, 0.25) is 0 Å². The number of fused-ring (bicyclic) bond motifs is 2. The van der Waals surface area contributed by atoms with Gasteiger partial charge < -0.3 is 10.1 Å². The van der Waals surface area contributed by atoms with E-state index in [2.05, 4.69) is 34.7 Å². The number of nitrogens with zero attached hydrogens (tertiary/aromatic N) is 2. The largest absolute Gasteiger partial charge is 0.381 e. The molecule has 1 aliphatic heterocycles. The highest BCUT2D eigenvalue weighted by Gasteiger charge is 2.47. The van der Waals surface area contributed by atoms with Crippen LogP contribution in [0, 0.1) is 5.41 Å². The summed E-state index contributed by atoms with van der Waals surface area (Å²) < 4.78 is 7.34. The molecule has 0 radical (unpaired) electrons. The molecule has 3 aromatic rings. The molecule has 5 nitrogen and oxygen atoms in total. The Morgan fingerprint density at radius 2 is 1.93 bits per heavy atom. The maximum atomic E-state index is 12.9. The Bertz CT molecular complexity index is 955. The number of hydrogen-bond donors (Lipinski definition) is 1. The van der Waals surface area contributed by atoms with Crippen molar-refractivity contribution in [3.63, 3.8) is 0 Å². The molecule has 1 saturated heterocycles. The number of benzene rings is 2. The van der Waals surface area contributed by atoms with Gasteiger partial charge in [-0.3, -0.25) is 9.48 Å². The maximum absolute atomic E-state index is 12.9. The van der Waals surface area contributed by atoms with Crippen LogP contribution in [0.25, 0.3) is 10.9 Å². The molecule has 1 amide bonds. The lowest BCUT2D eigenvalue weighted by molar-refractivity contribution is -0.124. The van der Waals surface area contributed by atoms with Crippen molar-refractivity contribution in [3.8, 4) is 0 Å². The molecule has 2 aromatic carbocycles. The van der Waals surface area contributed by atoms with E-state index >= 15 is 0 Å². The van der Waals surface area contributed by atoms with Gasteiger partial charge in [0.05, 0.1) is 11.6 Å². The monoisotopic (exact) mass is 361 g/mol. The zero-order valence-electron chi connectivity index (χ0n) is 15.2. The Hall–Kier alpha value is -2.66. The summed E-state index contributed by atoms with van der Waals surface area (Å²) in [6.07, 6.45) is 4.92. The normalized spacial score (nSPS) is 20.7. The summed E-state index contributed by atoms with van der Waals surface area (Å²) in [5.74, 6) is 0.00961. The van der Waals surface area contributed by atoms with Gasteiger partial charge in [0.1, 0.15) is 6.54 Å². The van der Waals surface area contributed by atoms with Crippen LogP contribution >= 0.6 is 0 Å². The third-order valence-corrected chi connectivity index (χ3v) is 6.08. The molecule has 27 heavy (non-hydrogen) atoms. The molecular weight excluding hydrogens is 338 g/mol. The standard InChI is InChI=1S/C22H23N3O2/c26-20(15-25-14-17-6-2-4-8-19(17)24-25)23-21-18-7-3-1-5-16(18)13-22(21)9-11-27-12-10-22/h1-8,14,21H,9-13,15H2,(H,23,26). The molecular formula is C22H23N3O2. The van der Waals surface area contributed by atoms with Crippen molar-refractivity contribution >= 4 is 16.8 Å². The summed E-state index contributed by atoms with van der Waals surface area (Å²) in [7, 11) is 0. The number of rotatable bonds is 3. The lowest BCUT2D eigenvalue weighted by Gasteiger charge is -2.39. The van der Waals surface area contributed by atoms with Crippen LogP contribution in [0.1, 0.15) is 30.0 Å². The van der Waals surface area contributed by atoms with Gasteiger partial charge in [-0.15, -0.1) is 0 Å². The number of amides is 1. The molecule has 0 saturated carbocycles. The van der Waals surface area contributed by atoms with Gasteiger partial charge in [-0.25, -0.2) is 0 Å². The zero-order valence-corrected chi connectivity index (χ0v) is 15.2. The van der Waals surface area contributed by atoms with Gasteiger partial charge in [0.25, 0.3) is 0 Å². The highest BCUT2D eigenvalue weighted by Crippen LogP contribution is 2.51. The zero-order chi connectivity index (χ0) is 18.3. The average molecular weight is 361 g/mol. The lowest BCUT2D eigenvalue weighted by atomic mass is 9.74. The van der Waals surface area contributed by atoms with Gasteiger partial charge in [0, 0.05) is 30.2 Å². The Labute approximate surface area is 158 Å². The first-order valence-electron chi connectivity index (χ1n) is 9.61. The summed E-state index contributed by atoms with van der Waals surface area (Å²) in [6.45, 7) is 1.77. The number of nitrogens with one attached hydrogen (secondary N) is 1. The van der Waals surface area contributed by atoms with Crippen LogP contribution in [0.4, 0.5) is 0 Å². The summed E-state index contributed by atoms with van der Waals surface area (Å²) in [4.78, 5) is 12.9. The van der Waals surface area contributed by atoms with Crippen LogP contribution in [0.3, 0.4) is 0 Å². The molecule has 5 rings (SSSR count). The number of hydrogen-bond acceptors (Lipinski definition) is 3. The molecule has 2 aliphatic rings. The van der Waals surface area contributed by atoms with Gasteiger partial charge in [-0.1, -0.05) is 42.5 Å². The predicted molar refractivity (Wildman–Crippen MR) is 103 cm³/mol. The van der Waals surface area contributed by atoms with Crippen molar-refractivity contribution in [2.75, 3.05) is 13.2 Å². The third kappa shape index (κ3) is 2.92. The third-order valence-electron chi connectivity index (χ3n) is 6.08. The van der Waals surface area contributed by atoms with Crippen LogP contribution in [-0.4, -0.2) is 28.9 Å². The van der Waals surface area contributed by atoms with E-state index in [1.54, 1.807) is 4.68 Å². The summed E-state index contributed by atoms with van der Waals surface area (Å²) >= 11 is 0. The number of carbonyl (C=O) groups excluding carboxylic acids is 1. The van der Waals surface area contributed by atoms with Gasteiger partial charge >= 0.3 is 0 Å². The predicted octanol–water partition coefficient (Wildman–Crippen LogP) is 3.25. The minimum atomic E-state index is 0.00961. The second kappa shape index (κ2) is 6.50. The molecule has 0 bridgehead atoms. The molecule has 1 N–H and O–H groups in total. The van der Waals surface area contributed by atoms with E-state index in [9.17, 15) is 4.79 Å². The first kappa shape index (κ1) is 16.5. The second-order valence-corrected chi connectivity index (χ2v) is 7.74. The Morgan fingerprint density at radius 1 is 1.15 bits per heavy atom. The maximum Gasteiger partial charge on any atom is 0.242 e. The van der Waals surface area contributed by atoms with Crippen LogP contribution < -0.4 is 5.32 Å². The van der Waals surface area contributed by atoms with E-state index in [1.165, 1.54) is 11.1 Å². The fraction of sp³-hybridized carbons (Fsp3) is 0.364. The molecule has 5 heteroatoms. The van der Waals surface area contributed by atoms with Gasteiger partial charge in [-0.2, -0.15) is 5.10 Å². The Kier molecular flexibility index (Phi) is 3.97. The highest BCUT2D eigenvalue weighted by atomic mass is 16.5. The van der Waals surface area contributed by atoms with Crippen LogP contribution in [0.5, 0.6) is 0 Å². The molecule has 138 valence electrons. The smallest absolute Gasteiger partial charge is 0.242 e. The Balaban J connectivity index is 1.39. The van der Waals surface area contributed by atoms with Crippen molar-refractivity contribution < 1.29 is 9.53 Å². The average Bonchev–Trinajstić information content (AvgIpc) is 3.21. The van der Waals surface area contributed by atoms with Crippen LogP contribution in [0.15, 0.2) is 54.7 Å². The fourth-order valence-corrected chi connectivity index (χ4v) is 4.71. The van der Waals surface area contributed by atoms with E-state index in [0.29, 0.717) is 0 Å². The molecule has 1 spiro atoms. The Morgan fingerprint density at radius 3 is 2.78 bits per heavy atom. The van der Waals surface area contributed by atoms with Gasteiger partial charge in [0.2, 0.25) is 5.91 Å². The first-order chi connectivity index (χ1) is 13.2. The van der Waals surface area contributed by atoms with Gasteiger partial charge in [-0.05, 0) is 36.5 Å². The van der Waals surface area contributed by atoms with Crippen molar-refractivity contribution in [2.45, 2.75) is 31.8 Å². The van der Waals surface area contributed by atoms with Crippen LogP contribution in [-0.2, 0) is 22.5 Å². The number of aromatic nitrogens is 2. The van der Waals surface area contributed by atoms with E-state index in [4.69, 9.17) is 4.74 Å². The molecule has 1 unspecified atom stereocenters. The van der Waals surface area contributed by atoms with E-state index in [1.807, 2.05) is 30.5 Å². The van der Waals surface area contributed by atoms with Crippen molar-refractivity contribution in [3.05, 3.63) is 65.9 Å². The summed E-state index contributed by atoms with van der Waals surface area (Å²) in [5.41, 5.74) is 3.61. The van der Waals surface area contributed by atoms with Crippen molar-refractivity contribution in [1.82, 2.24) is 15.1 Å². The molecule has 1 aliphatic carbocycles. The van der Waals surface area contributed by atoms with E-state index < -0.39 is 0 Å². The van der Waals surface area contributed by atoms with E-state index in [-0.39, 0.29) is 23.9 Å². The minimum absolute atomic E-state index is 0.00961. The fourth-order valence-electron chi connectivity index (χ4n) is 4.71. The molecule has 1 aromatic heterocycles. The molecule has 1 fully saturated rings.